The Morgan fingerprint density at radius 3 is 2.57 bits per heavy atom. The SMILES string of the molecule is N#Cc1ccc(S(=O)(=O)NC[C@H](c2cccs2)c2c[nH]c3ccccc23)cc1. The number of nitrogens with one attached hydrogen (secondary N) is 2. The predicted octanol–water partition coefficient (Wildman–Crippen LogP) is 4.21. The summed E-state index contributed by atoms with van der Waals surface area (Å²) in [5.41, 5.74) is 2.50. The number of benzene rings is 2. The van der Waals surface area contributed by atoms with Gasteiger partial charge in [0.05, 0.1) is 16.5 Å². The van der Waals surface area contributed by atoms with Crippen LogP contribution in [0.3, 0.4) is 0 Å². The van der Waals surface area contributed by atoms with Gasteiger partial charge in [-0.1, -0.05) is 24.3 Å². The number of fused-ring (bicyclic) bond motifs is 1. The Balaban J connectivity index is 1.64. The van der Waals surface area contributed by atoms with Crippen LogP contribution in [-0.2, 0) is 10.0 Å². The van der Waals surface area contributed by atoms with Crippen LogP contribution in [-0.4, -0.2) is 19.9 Å². The molecular formula is C21H17N3O2S2. The number of aromatic nitrogens is 1. The molecule has 0 fully saturated rings. The van der Waals surface area contributed by atoms with Crippen LogP contribution in [0.4, 0.5) is 0 Å². The minimum absolute atomic E-state index is 0.107. The molecule has 28 heavy (non-hydrogen) atoms. The molecule has 2 N–H and O–H groups in total. The number of nitriles is 1. The summed E-state index contributed by atoms with van der Waals surface area (Å²) in [5.74, 6) is -0.107. The minimum atomic E-state index is -3.68. The summed E-state index contributed by atoms with van der Waals surface area (Å²) in [4.78, 5) is 4.51. The Hall–Kier alpha value is -2.92. The van der Waals surface area contributed by atoms with Gasteiger partial charge < -0.3 is 4.98 Å². The van der Waals surface area contributed by atoms with E-state index in [1.54, 1.807) is 11.3 Å². The van der Waals surface area contributed by atoms with Crippen LogP contribution in [0.2, 0.25) is 0 Å². The maximum absolute atomic E-state index is 12.7. The molecule has 0 radical (unpaired) electrons. The first-order valence-electron chi connectivity index (χ1n) is 8.68. The largest absolute Gasteiger partial charge is 0.361 e. The number of nitrogens with zero attached hydrogens (tertiary/aromatic N) is 1. The van der Waals surface area contributed by atoms with Gasteiger partial charge in [-0.05, 0) is 47.3 Å². The van der Waals surface area contributed by atoms with Crippen molar-refractivity contribution < 1.29 is 8.42 Å². The summed E-state index contributed by atoms with van der Waals surface area (Å²) in [6.07, 6.45) is 1.95. The lowest BCUT2D eigenvalue weighted by Crippen LogP contribution is -2.28. The first kappa shape index (κ1) is 18.4. The second kappa shape index (κ2) is 7.60. The number of hydrogen-bond donors (Lipinski definition) is 2. The Morgan fingerprint density at radius 2 is 1.86 bits per heavy atom. The number of aromatic amines is 1. The Bertz CT molecular complexity index is 1240. The first-order valence-corrected chi connectivity index (χ1v) is 11.0. The summed E-state index contributed by atoms with van der Waals surface area (Å²) in [6.45, 7) is 0.241. The van der Waals surface area contributed by atoms with E-state index in [4.69, 9.17) is 5.26 Å². The quantitative estimate of drug-likeness (QED) is 0.502. The van der Waals surface area contributed by atoms with Crippen LogP contribution >= 0.6 is 11.3 Å². The van der Waals surface area contributed by atoms with Crippen molar-refractivity contribution in [3.05, 3.63) is 88.2 Å². The molecule has 4 rings (SSSR count). The van der Waals surface area contributed by atoms with E-state index in [1.165, 1.54) is 24.3 Å². The maximum Gasteiger partial charge on any atom is 0.240 e. The lowest BCUT2D eigenvalue weighted by Gasteiger charge is -2.16. The summed E-state index contributed by atoms with van der Waals surface area (Å²) in [6, 6.07) is 19.9. The zero-order valence-corrected chi connectivity index (χ0v) is 16.4. The third kappa shape index (κ3) is 3.58. The number of rotatable bonds is 6. The molecule has 0 unspecified atom stereocenters. The molecule has 2 aromatic heterocycles. The fraction of sp³-hybridized carbons (Fsp3) is 0.0952. The van der Waals surface area contributed by atoms with Gasteiger partial charge in [0.2, 0.25) is 10.0 Å². The van der Waals surface area contributed by atoms with Gasteiger partial charge in [-0.2, -0.15) is 5.26 Å². The molecule has 140 valence electrons. The smallest absolute Gasteiger partial charge is 0.240 e. The number of sulfonamides is 1. The summed E-state index contributed by atoms with van der Waals surface area (Å²) >= 11 is 1.60. The highest BCUT2D eigenvalue weighted by Gasteiger charge is 2.22. The van der Waals surface area contributed by atoms with E-state index in [9.17, 15) is 8.42 Å². The van der Waals surface area contributed by atoms with Crippen molar-refractivity contribution in [3.8, 4) is 6.07 Å². The van der Waals surface area contributed by atoms with Gasteiger partial charge in [0.1, 0.15) is 0 Å². The molecule has 0 aliphatic heterocycles. The summed E-state index contributed by atoms with van der Waals surface area (Å²) in [5, 5.41) is 12.0. The molecule has 7 heteroatoms. The fourth-order valence-electron chi connectivity index (χ4n) is 3.22. The number of para-hydroxylation sites is 1. The normalized spacial score (nSPS) is 12.7. The second-order valence-corrected chi connectivity index (χ2v) is 9.09. The maximum atomic E-state index is 12.7. The molecule has 0 saturated carbocycles. The minimum Gasteiger partial charge on any atom is -0.361 e. The molecule has 5 nitrogen and oxygen atoms in total. The number of thiophene rings is 1. The van der Waals surface area contributed by atoms with Crippen molar-refractivity contribution in [3.63, 3.8) is 0 Å². The monoisotopic (exact) mass is 407 g/mol. The lowest BCUT2D eigenvalue weighted by molar-refractivity contribution is 0.578. The molecule has 0 bridgehead atoms. The topological polar surface area (TPSA) is 85.8 Å². The molecule has 4 aromatic rings. The van der Waals surface area contributed by atoms with E-state index in [2.05, 4.69) is 9.71 Å². The van der Waals surface area contributed by atoms with E-state index < -0.39 is 10.0 Å². The molecular weight excluding hydrogens is 390 g/mol. The second-order valence-electron chi connectivity index (χ2n) is 6.35. The number of hydrogen-bond acceptors (Lipinski definition) is 4. The Kier molecular flexibility index (Phi) is 5.01. The lowest BCUT2D eigenvalue weighted by atomic mass is 9.97. The average molecular weight is 408 g/mol. The van der Waals surface area contributed by atoms with Crippen LogP contribution < -0.4 is 4.72 Å². The third-order valence-corrected chi connectivity index (χ3v) is 7.08. The molecule has 1 atom stereocenters. The van der Waals surface area contributed by atoms with Crippen molar-refractivity contribution in [1.82, 2.24) is 9.71 Å². The zero-order valence-electron chi connectivity index (χ0n) is 14.8. The van der Waals surface area contributed by atoms with Gasteiger partial charge in [0.15, 0.2) is 0 Å². The fourth-order valence-corrected chi connectivity index (χ4v) is 5.11. The predicted molar refractivity (Wildman–Crippen MR) is 111 cm³/mol. The van der Waals surface area contributed by atoms with E-state index in [-0.39, 0.29) is 17.4 Å². The van der Waals surface area contributed by atoms with Crippen LogP contribution in [0.1, 0.15) is 21.9 Å². The highest BCUT2D eigenvalue weighted by atomic mass is 32.2. The van der Waals surface area contributed by atoms with Crippen LogP contribution in [0, 0.1) is 11.3 Å². The Labute approximate surface area is 167 Å². The highest BCUT2D eigenvalue weighted by Crippen LogP contribution is 2.33. The van der Waals surface area contributed by atoms with Gasteiger partial charge in [-0.15, -0.1) is 11.3 Å². The van der Waals surface area contributed by atoms with Crippen molar-refractivity contribution >= 4 is 32.3 Å². The summed E-state index contributed by atoms with van der Waals surface area (Å²) < 4.78 is 28.2. The van der Waals surface area contributed by atoms with Crippen molar-refractivity contribution in [2.75, 3.05) is 6.54 Å². The molecule has 0 spiro atoms. The molecule has 0 saturated heterocycles. The standard InChI is InChI=1S/C21H17N3O2S2/c22-12-15-7-9-16(10-8-15)28(25,26)24-14-19(21-6-3-11-27-21)18-13-23-20-5-2-1-4-17(18)20/h1-11,13,19,23-24H,14H2/t19-/m0/s1. The molecule has 2 heterocycles. The van der Waals surface area contributed by atoms with Gasteiger partial charge in [0, 0.05) is 34.4 Å². The Morgan fingerprint density at radius 1 is 1.07 bits per heavy atom. The van der Waals surface area contributed by atoms with E-state index >= 15 is 0 Å². The molecule has 0 aliphatic rings. The van der Waals surface area contributed by atoms with Crippen LogP contribution in [0.5, 0.6) is 0 Å². The molecule has 0 amide bonds. The van der Waals surface area contributed by atoms with Gasteiger partial charge in [-0.3, -0.25) is 0 Å². The van der Waals surface area contributed by atoms with E-state index in [0.717, 1.165) is 21.3 Å². The van der Waals surface area contributed by atoms with Crippen molar-refractivity contribution in [2.45, 2.75) is 10.8 Å². The summed E-state index contributed by atoms with van der Waals surface area (Å²) in [7, 11) is -3.68. The number of H-pyrrole nitrogens is 1. The van der Waals surface area contributed by atoms with Crippen LogP contribution in [0.15, 0.2) is 77.1 Å². The molecule has 2 aromatic carbocycles. The van der Waals surface area contributed by atoms with E-state index in [0.29, 0.717) is 5.56 Å². The highest BCUT2D eigenvalue weighted by molar-refractivity contribution is 7.89. The van der Waals surface area contributed by atoms with Crippen LogP contribution in [0.25, 0.3) is 10.9 Å². The molecule has 0 aliphatic carbocycles. The van der Waals surface area contributed by atoms with Crippen molar-refractivity contribution in [1.29, 1.82) is 5.26 Å². The zero-order chi connectivity index (χ0) is 19.6. The first-order chi connectivity index (χ1) is 13.6. The van der Waals surface area contributed by atoms with Gasteiger partial charge in [0.25, 0.3) is 0 Å². The van der Waals surface area contributed by atoms with E-state index in [1.807, 2.05) is 54.0 Å². The third-order valence-electron chi connectivity index (χ3n) is 4.65. The van der Waals surface area contributed by atoms with Gasteiger partial charge in [-0.25, -0.2) is 13.1 Å². The van der Waals surface area contributed by atoms with Gasteiger partial charge >= 0.3 is 0 Å². The van der Waals surface area contributed by atoms with Crippen molar-refractivity contribution in [2.24, 2.45) is 0 Å². The average Bonchev–Trinajstić information content (AvgIpc) is 3.39.